The molecule has 0 saturated carbocycles. The van der Waals surface area contributed by atoms with Crippen molar-refractivity contribution in [2.45, 2.75) is 20.0 Å². The molecule has 0 bridgehead atoms. The van der Waals surface area contributed by atoms with Gasteiger partial charge in [0.2, 0.25) is 0 Å². The Kier molecular flexibility index (Phi) is 42.8. The second-order valence-corrected chi connectivity index (χ2v) is 1.54. The zero-order chi connectivity index (χ0) is 8.41. The molecule has 4 nitrogen and oxygen atoms in total. The first-order chi connectivity index (χ1) is 4.68. The van der Waals surface area contributed by atoms with Gasteiger partial charge in [-0.05, 0) is 13.8 Å². The quantitative estimate of drug-likeness (QED) is 0.666. The molecule has 0 fully saturated rings. The molecule has 71 valence electrons. The summed E-state index contributed by atoms with van der Waals surface area (Å²) in [4.78, 5) is 18.1. The Balaban J connectivity index is -0.0000000483. The van der Waals surface area contributed by atoms with Gasteiger partial charge in [-0.2, -0.15) is 0 Å². The van der Waals surface area contributed by atoms with Crippen molar-refractivity contribution in [3.8, 4) is 0 Å². The van der Waals surface area contributed by atoms with E-state index >= 15 is 0 Å². The Morgan fingerprint density at radius 3 is 1.50 bits per heavy atom. The molecule has 0 heterocycles. The number of hydrogen-bond acceptors (Lipinski definition) is 4. The number of methoxy groups -OCH3 is 1. The number of carbonyl (C=O) groups excluding carboxylic acids is 2. The molecular formula is C7H13AcO4-3. The van der Waals surface area contributed by atoms with Gasteiger partial charge >= 0.3 is 0 Å². The van der Waals surface area contributed by atoms with Crippen molar-refractivity contribution in [2.75, 3.05) is 7.11 Å². The number of rotatable bonds is 3. The van der Waals surface area contributed by atoms with Crippen LogP contribution < -0.4 is 0 Å². The van der Waals surface area contributed by atoms with E-state index in [1.807, 2.05) is 0 Å². The zero-order valence-corrected chi connectivity index (χ0v) is 12.5. The van der Waals surface area contributed by atoms with E-state index in [1.165, 1.54) is 20.1 Å². The number of ether oxygens (including phenoxy) is 2. The van der Waals surface area contributed by atoms with E-state index in [9.17, 15) is 4.79 Å². The summed E-state index contributed by atoms with van der Waals surface area (Å²) in [5.74, 6) is 0. The normalized spacial score (nSPS) is 6.00. The topological polar surface area (TPSA) is 52.6 Å². The first kappa shape index (κ1) is 22.8. The van der Waals surface area contributed by atoms with Crippen molar-refractivity contribution in [1.82, 2.24) is 0 Å². The Morgan fingerprint density at radius 2 is 1.50 bits per heavy atom. The van der Waals surface area contributed by atoms with Gasteiger partial charge in [-0.25, -0.2) is 0 Å². The van der Waals surface area contributed by atoms with E-state index in [0.717, 1.165) is 0 Å². The van der Waals surface area contributed by atoms with Gasteiger partial charge in [0, 0.05) is 51.2 Å². The summed E-state index contributed by atoms with van der Waals surface area (Å²) in [6.45, 7) is 6.04. The average molecular weight is 388 g/mol. The zero-order valence-electron chi connectivity index (χ0n) is 7.79. The molecule has 5 heteroatoms. The Labute approximate surface area is 110 Å². The van der Waals surface area contributed by atoms with Crippen LogP contribution in [0.4, 0.5) is 0 Å². The maximum Gasteiger partial charge on any atom is 0.0537 e. The summed E-state index contributed by atoms with van der Waals surface area (Å²) in [7, 11) is 1.26. The van der Waals surface area contributed by atoms with Crippen molar-refractivity contribution >= 4 is 12.9 Å². The third kappa shape index (κ3) is 47.6. The van der Waals surface area contributed by atoms with Crippen LogP contribution in [0.25, 0.3) is 0 Å². The van der Waals surface area contributed by atoms with Crippen LogP contribution in [0.5, 0.6) is 0 Å². The van der Waals surface area contributed by atoms with Crippen LogP contribution in [0.1, 0.15) is 13.8 Å². The van der Waals surface area contributed by atoms with Gasteiger partial charge in [-0.15, -0.1) is 0 Å². The molecule has 0 aromatic rings. The summed E-state index contributed by atoms with van der Waals surface area (Å²) in [5.41, 5.74) is 0. The molecule has 0 rings (SSSR count). The third-order valence-electron chi connectivity index (χ3n) is 0.367. The van der Waals surface area contributed by atoms with Crippen LogP contribution in [0.3, 0.4) is 0 Å². The van der Waals surface area contributed by atoms with Gasteiger partial charge in [-0.3, -0.25) is 0 Å². The molecular weight excluding hydrogens is 375 g/mol. The fourth-order valence-corrected chi connectivity index (χ4v) is 0.0962. The summed E-state index contributed by atoms with van der Waals surface area (Å²) in [6.07, 6.45) is -0.0255. The molecule has 0 aromatic heterocycles. The van der Waals surface area contributed by atoms with Crippen LogP contribution in [0, 0.1) is 51.5 Å². The van der Waals surface area contributed by atoms with Crippen molar-refractivity contribution in [1.29, 1.82) is 0 Å². The molecule has 0 aliphatic carbocycles. The SMILES string of the molecule is CC(C)O[C-]=O.CO[C-]=O.[Ac].[CH3-]. The van der Waals surface area contributed by atoms with Crippen LogP contribution in [-0.4, -0.2) is 26.2 Å². The first-order valence-corrected chi connectivity index (χ1v) is 2.62. The van der Waals surface area contributed by atoms with Gasteiger partial charge in [-0.1, -0.05) is 12.9 Å². The molecule has 1 radical (unpaired) electrons. The van der Waals surface area contributed by atoms with E-state index in [1.54, 1.807) is 13.8 Å². The molecule has 0 amide bonds. The predicted molar refractivity (Wildman–Crippen MR) is 41.0 cm³/mol. The third-order valence-corrected chi connectivity index (χ3v) is 0.367. The van der Waals surface area contributed by atoms with Crippen LogP contribution in [-0.2, 0) is 19.1 Å². The van der Waals surface area contributed by atoms with Crippen LogP contribution in [0.2, 0.25) is 0 Å². The first-order valence-electron chi connectivity index (χ1n) is 2.62. The standard InChI is InChI=1S/C4H7O2.C2H3O2.CH3.Ac/c1-4(2)6-3-5;1-4-2-3;;/h4H,1-2H3;1H3;1H3;/q3*-1;. The molecule has 12 heavy (non-hydrogen) atoms. The molecule has 0 aromatic carbocycles. The average Bonchev–Trinajstić information content (AvgIpc) is 1.89. The maximum absolute atomic E-state index is 9.27. The Hall–Kier alpha value is 0.382. The van der Waals surface area contributed by atoms with Crippen LogP contribution >= 0.6 is 0 Å². The van der Waals surface area contributed by atoms with E-state index in [-0.39, 0.29) is 57.6 Å². The second kappa shape index (κ2) is 22.5. The van der Waals surface area contributed by atoms with E-state index < -0.39 is 0 Å². The van der Waals surface area contributed by atoms with Gasteiger partial charge in [0.25, 0.3) is 0 Å². The smallest absolute Gasteiger partial charge is 0.0537 e. The largest absolute Gasteiger partial charge is 0.655 e. The predicted octanol–water partition coefficient (Wildman–Crippen LogP) is 0.629. The Bertz CT molecular complexity index is 85.5. The van der Waals surface area contributed by atoms with E-state index in [2.05, 4.69) is 9.47 Å². The molecule has 0 atom stereocenters. The van der Waals surface area contributed by atoms with Crippen molar-refractivity contribution in [3.05, 3.63) is 7.43 Å². The van der Waals surface area contributed by atoms with Crippen molar-refractivity contribution in [3.63, 3.8) is 0 Å². The van der Waals surface area contributed by atoms with Crippen LogP contribution in [0.15, 0.2) is 0 Å². The molecule has 0 spiro atoms. The van der Waals surface area contributed by atoms with Gasteiger partial charge in [0.1, 0.15) is 0 Å². The Morgan fingerprint density at radius 1 is 1.17 bits per heavy atom. The van der Waals surface area contributed by atoms with Gasteiger partial charge in [0.05, 0.1) is 6.10 Å². The van der Waals surface area contributed by atoms with Gasteiger partial charge < -0.3 is 26.5 Å². The van der Waals surface area contributed by atoms with E-state index in [4.69, 9.17) is 4.79 Å². The van der Waals surface area contributed by atoms with E-state index in [0.29, 0.717) is 0 Å². The molecule has 0 saturated heterocycles. The molecule has 0 N–H and O–H groups in total. The fourth-order valence-electron chi connectivity index (χ4n) is 0.0962. The molecule has 0 aliphatic heterocycles. The summed E-state index contributed by atoms with van der Waals surface area (Å²) >= 11 is 0. The minimum atomic E-state index is -0.0255. The fraction of sp³-hybridized carbons (Fsp3) is 0.571. The summed E-state index contributed by atoms with van der Waals surface area (Å²) in [6, 6.07) is 0. The summed E-state index contributed by atoms with van der Waals surface area (Å²) < 4.78 is 7.97. The molecule has 0 aliphatic rings. The van der Waals surface area contributed by atoms with Crippen molar-refractivity contribution in [2.24, 2.45) is 0 Å². The second-order valence-electron chi connectivity index (χ2n) is 1.54. The summed E-state index contributed by atoms with van der Waals surface area (Å²) in [5, 5.41) is 0. The van der Waals surface area contributed by atoms with Gasteiger partial charge in [0.15, 0.2) is 0 Å². The maximum atomic E-state index is 9.27. The monoisotopic (exact) mass is 388 g/mol. The number of hydrogen-bond donors (Lipinski definition) is 0. The minimum absolute atomic E-state index is 0. The van der Waals surface area contributed by atoms with Crippen molar-refractivity contribution < 1.29 is 63.1 Å². The minimum Gasteiger partial charge on any atom is -0.655 e. The molecule has 0 unspecified atom stereocenters.